The van der Waals surface area contributed by atoms with Crippen molar-refractivity contribution in [3.8, 4) is 0 Å². The van der Waals surface area contributed by atoms with Gasteiger partial charge in [-0.1, -0.05) is 37.3 Å². The van der Waals surface area contributed by atoms with Crippen molar-refractivity contribution in [2.75, 3.05) is 7.05 Å². The number of rotatable bonds is 0. The first-order chi connectivity index (χ1) is 7.45. The van der Waals surface area contributed by atoms with E-state index < -0.39 is 0 Å². The van der Waals surface area contributed by atoms with Gasteiger partial charge >= 0.3 is 0 Å². The van der Waals surface area contributed by atoms with Gasteiger partial charge in [0.25, 0.3) is 6.02 Å². The Morgan fingerprint density at radius 1 is 1.44 bits per heavy atom. The van der Waals surface area contributed by atoms with Crippen molar-refractivity contribution in [1.29, 1.82) is 5.41 Å². The zero-order chi connectivity index (χ0) is 11.6. The molecule has 2 heterocycles. The van der Waals surface area contributed by atoms with Gasteiger partial charge in [0.2, 0.25) is 0 Å². The molecular formula is C12H20BN2O. The van der Waals surface area contributed by atoms with Gasteiger partial charge in [0.15, 0.2) is 0 Å². The summed E-state index contributed by atoms with van der Waals surface area (Å²) >= 11 is 0. The minimum Gasteiger partial charge on any atom is -0.460 e. The second kappa shape index (κ2) is 2.96. The average Bonchev–Trinajstić information content (AvgIpc) is 2.59. The van der Waals surface area contributed by atoms with Gasteiger partial charge in [0.05, 0.1) is 6.04 Å². The zero-order valence-corrected chi connectivity index (χ0v) is 10.4. The van der Waals surface area contributed by atoms with E-state index in [4.69, 9.17) is 10.1 Å². The molecule has 3 rings (SSSR count). The summed E-state index contributed by atoms with van der Waals surface area (Å²) in [5, 5.41) is 8.56. The Bertz CT molecular complexity index is 348. The maximum Gasteiger partial charge on any atom is 0.284 e. The molecule has 1 saturated carbocycles. The van der Waals surface area contributed by atoms with E-state index in [9.17, 15) is 0 Å². The summed E-state index contributed by atoms with van der Waals surface area (Å²) < 4.78 is 5.71. The number of fused-ring (bicyclic) bond motifs is 2. The highest BCUT2D eigenvalue weighted by molar-refractivity contribution is 6.59. The molecule has 0 aromatic carbocycles. The third-order valence-corrected chi connectivity index (χ3v) is 5.19. The van der Waals surface area contributed by atoms with E-state index in [1.165, 1.54) is 19.3 Å². The normalized spacial score (nSPS) is 50.7. The van der Waals surface area contributed by atoms with Crippen LogP contribution in [0, 0.1) is 5.41 Å². The third-order valence-electron chi connectivity index (χ3n) is 5.19. The fourth-order valence-corrected chi connectivity index (χ4v) is 3.68. The molecule has 3 aliphatic rings. The molecule has 0 spiro atoms. The van der Waals surface area contributed by atoms with Crippen LogP contribution in [-0.4, -0.2) is 37.4 Å². The molecule has 1 N–H and O–H groups in total. The van der Waals surface area contributed by atoms with Crippen LogP contribution in [0.2, 0.25) is 10.6 Å². The average molecular weight is 219 g/mol. The molecule has 4 atom stereocenters. The Morgan fingerprint density at radius 2 is 2.19 bits per heavy atom. The van der Waals surface area contributed by atoms with Gasteiger partial charge in [-0.05, 0) is 12.8 Å². The predicted molar refractivity (Wildman–Crippen MR) is 65.1 cm³/mol. The monoisotopic (exact) mass is 219 g/mol. The number of amidine groups is 1. The molecule has 4 heteroatoms. The number of hydrogen-bond acceptors (Lipinski definition) is 2. The second-order valence-corrected chi connectivity index (χ2v) is 6.22. The molecular weight excluding hydrogens is 199 g/mol. The Kier molecular flexibility index (Phi) is 1.94. The highest BCUT2D eigenvalue weighted by Gasteiger charge is 2.63. The Balaban J connectivity index is 1.83. The van der Waals surface area contributed by atoms with Gasteiger partial charge in [-0.2, -0.15) is 0 Å². The van der Waals surface area contributed by atoms with Crippen LogP contribution in [-0.2, 0) is 4.74 Å². The molecule has 0 amide bonds. The fraction of sp³-hybridized carbons (Fsp3) is 0.917. The van der Waals surface area contributed by atoms with Crippen molar-refractivity contribution in [2.24, 2.45) is 0 Å². The molecule has 0 aromatic heterocycles. The van der Waals surface area contributed by atoms with Crippen molar-refractivity contribution in [1.82, 2.24) is 4.90 Å². The van der Waals surface area contributed by atoms with Crippen LogP contribution in [0.25, 0.3) is 0 Å². The lowest BCUT2D eigenvalue weighted by Gasteiger charge is -2.30. The van der Waals surface area contributed by atoms with Crippen LogP contribution >= 0.6 is 0 Å². The first kappa shape index (κ1) is 10.5. The van der Waals surface area contributed by atoms with E-state index in [2.05, 4.69) is 21.1 Å². The van der Waals surface area contributed by atoms with Crippen LogP contribution in [0.1, 0.15) is 39.5 Å². The lowest BCUT2D eigenvalue weighted by atomic mass is 9.81. The molecule has 3 nitrogen and oxygen atoms in total. The third kappa shape index (κ3) is 1.25. The van der Waals surface area contributed by atoms with Crippen LogP contribution in [0.5, 0.6) is 0 Å². The Morgan fingerprint density at radius 3 is 2.94 bits per heavy atom. The van der Waals surface area contributed by atoms with Gasteiger partial charge in [-0.3, -0.25) is 5.41 Å². The topological polar surface area (TPSA) is 36.3 Å². The maximum atomic E-state index is 7.78. The molecule has 0 bridgehead atoms. The summed E-state index contributed by atoms with van der Waals surface area (Å²) in [5.74, 6) is 0. The van der Waals surface area contributed by atoms with Crippen LogP contribution in [0.15, 0.2) is 0 Å². The number of likely N-dealkylation sites (N-methyl/N-ethyl adjacent to an activating group) is 1. The number of ether oxygens (including phenoxy) is 1. The fourth-order valence-electron chi connectivity index (χ4n) is 3.68. The van der Waals surface area contributed by atoms with E-state index in [0.717, 1.165) is 6.42 Å². The number of nitrogens with zero attached hydrogens (tertiary/aromatic N) is 1. The standard InChI is InChI=1S/C12H20BN2O/c1-11-6-4-5-8-9(7-12(11,2)13-11)16-10(14)15(8)3/h8-9,14H,4-7H2,1-3H3. The van der Waals surface area contributed by atoms with Crippen molar-refractivity contribution in [3.63, 3.8) is 0 Å². The van der Waals surface area contributed by atoms with Crippen molar-refractivity contribution in [3.05, 3.63) is 0 Å². The lowest BCUT2D eigenvalue weighted by Crippen LogP contribution is -2.35. The van der Waals surface area contributed by atoms with Crippen LogP contribution < -0.4 is 0 Å². The predicted octanol–water partition coefficient (Wildman–Crippen LogP) is 2.27. The first-order valence-corrected chi connectivity index (χ1v) is 6.30. The minimum absolute atomic E-state index is 0.237. The first-order valence-electron chi connectivity index (χ1n) is 6.30. The summed E-state index contributed by atoms with van der Waals surface area (Å²) in [4.78, 5) is 2.01. The van der Waals surface area contributed by atoms with Crippen molar-refractivity contribution >= 4 is 13.3 Å². The SMILES string of the molecule is CN1C(=N)OC2CC3(C)[B]C3(C)CCCC21. The van der Waals surface area contributed by atoms with Crippen molar-refractivity contribution < 1.29 is 4.74 Å². The Hall–Kier alpha value is -0.665. The second-order valence-electron chi connectivity index (χ2n) is 6.22. The van der Waals surface area contributed by atoms with Gasteiger partial charge < -0.3 is 9.64 Å². The van der Waals surface area contributed by atoms with E-state index in [-0.39, 0.29) is 6.10 Å². The Labute approximate surface area is 98.3 Å². The van der Waals surface area contributed by atoms with E-state index in [1.807, 2.05) is 11.9 Å². The summed E-state index contributed by atoms with van der Waals surface area (Å²) in [5.41, 5.74) is 0. The van der Waals surface area contributed by atoms with Gasteiger partial charge in [0, 0.05) is 7.05 Å². The maximum absolute atomic E-state index is 7.78. The van der Waals surface area contributed by atoms with Gasteiger partial charge in [-0.25, -0.2) is 0 Å². The molecule has 3 fully saturated rings. The van der Waals surface area contributed by atoms with Crippen molar-refractivity contribution in [2.45, 2.75) is 62.3 Å². The lowest BCUT2D eigenvalue weighted by molar-refractivity contribution is 0.147. The van der Waals surface area contributed by atoms with Gasteiger partial charge in [-0.15, -0.1) is 0 Å². The number of nitrogens with one attached hydrogen (secondary N) is 1. The summed E-state index contributed by atoms with van der Waals surface area (Å²) in [7, 11) is 4.49. The van der Waals surface area contributed by atoms with Crippen LogP contribution in [0.4, 0.5) is 0 Å². The molecule has 87 valence electrons. The molecule has 1 radical (unpaired) electrons. The highest BCUT2D eigenvalue weighted by atomic mass is 16.5. The van der Waals surface area contributed by atoms with E-state index >= 15 is 0 Å². The molecule has 0 aromatic rings. The molecule has 2 aliphatic heterocycles. The molecule has 2 saturated heterocycles. The van der Waals surface area contributed by atoms with E-state index in [0.29, 0.717) is 22.7 Å². The van der Waals surface area contributed by atoms with Crippen LogP contribution in [0.3, 0.4) is 0 Å². The smallest absolute Gasteiger partial charge is 0.284 e. The quantitative estimate of drug-likeness (QED) is 0.634. The largest absolute Gasteiger partial charge is 0.460 e. The summed E-state index contributed by atoms with van der Waals surface area (Å²) in [6, 6.07) is 0.797. The molecule has 4 unspecified atom stereocenters. The summed E-state index contributed by atoms with van der Waals surface area (Å²) in [6.07, 6.45) is 5.05. The van der Waals surface area contributed by atoms with Gasteiger partial charge in [0.1, 0.15) is 13.4 Å². The highest BCUT2D eigenvalue weighted by Crippen LogP contribution is 2.74. The minimum atomic E-state index is 0.237. The number of hydrogen-bond donors (Lipinski definition) is 1. The molecule has 16 heavy (non-hydrogen) atoms. The molecule has 1 aliphatic carbocycles. The summed E-state index contributed by atoms with van der Waals surface area (Å²) in [6.45, 7) is 4.72. The zero-order valence-electron chi connectivity index (χ0n) is 10.4. The van der Waals surface area contributed by atoms with E-state index in [1.54, 1.807) is 0 Å².